The second-order valence-electron chi connectivity index (χ2n) is 6.66. The molecule has 0 atom stereocenters. The number of hydrogen-bond donors (Lipinski definition) is 2. The predicted molar refractivity (Wildman–Crippen MR) is 107 cm³/mol. The Morgan fingerprint density at radius 2 is 1.50 bits per heavy atom. The highest BCUT2D eigenvalue weighted by atomic mass is 19.1. The van der Waals surface area contributed by atoms with E-state index in [0.29, 0.717) is 16.8 Å². The van der Waals surface area contributed by atoms with Crippen LogP contribution in [0.3, 0.4) is 0 Å². The summed E-state index contributed by atoms with van der Waals surface area (Å²) in [7, 11) is 0. The Labute approximate surface area is 170 Å². The van der Waals surface area contributed by atoms with Gasteiger partial charge in [0.1, 0.15) is 17.5 Å². The lowest BCUT2D eigenvalue weighted by Gasteiger charge is -2.10. The fourth-order valence-corrected chi connectivity index (χ4v) is 3.26. The SMILES string of the molecule is O=C1CNC(c2c(F)cccc2F)=C1c1ccc(C(=O)Nc2ccc(F)cc2)cc1. The van der Waals surface area contributed by atoms with Crippen molar-refractivity contribution < 1.29 is 22.8 Å². The molecular formula is C23H15F3N2O2. The van der Waals surface area contributed by atoms with Crippen LogP contribution in [0, 0.1) is 17.5 Å². The van der Waals surface area contributed by atoms with Gasteiger partial charge in [-0.1, -0.05) is 18.2 Å². The zero-order chi connectivity index (χ0) is 21.3. The number of halogens is 3. The van der Waals surface area contributed by atoms with Gasteiger partial charge in [-0.2, -0.15) is 0 Å². The van der Waals surface area contributed by atoms with Crippen molar-refractivity contribution in [1.29, 1.82) is 0 Å². The topological polar surface area (TPSA) is 58.2 Å². The van der Waals surface area contributed by atoms with Crippen LogP contribution in [0.5, 0.6) is 0 Å². The van der Waals surface area contributed by atoms with Crippen LogP contribution in [-0.2, 0) is 4.79 Å². The smallest absolute Gasteiger partial charge is 0.255 e. The van der Waals surface area contributed by atoms with Crippen LogP contribution >= 0.6 is 0 Å². The minimum Gasteiger partial charge on any atom is -0.376 e. The number of nitrogens with one attached hydrogen (secondary N) is 2. The highest BCUT2D eigenvalue weighted by Crippen LogP contribution is 2.32. The van der Waals surface area contributed by atoms with Gasteiger partial charge in [0.05, 0.1) is 23.4 Å². The molecule has 4 rings (SSSR count). The molecule has 7 heteroatoms. The van der Waals surface area contributed by atoms with E-state index in [2.05, 4.69) is 10.6 Å². The molecule has 30 heavy (non-hydrogen) atoms. The van der Waals surface area contributed by atoms with Crippen molar-refractivity contribution in [2.24, 2.45) is 0 Å². The number of ketones is 1. The first kappa shape index (κ1) is 19.4. The number of rotatable bonds is 4. The van der Waals surface area contributed by atoms with Crippen molar-refractivity contribution in [3.63, 3.8) is 0 Å². The first-order valence-corrected chi connectivity index (χ1v) is 9.07. The molecule has 0 saturated heterocycles. The van der Waals surface area contributed by atoms with E-state index in [4.69, 9.17) is 0 Å². The molecule has 0 spiro atoms. The van der Waals surface area contributed by atoms with Crippen molar-refractivity contribution >= 4 is 28.6 Å². The van der Waals surface area contributed by atoms with Crippen LogP contribution in [0.25, 0.3) is 11.3 Å². The monoisotopic (exact) mass is 408 g/mol. The molecule has 1 aliphatic heterocycles. The largest absolute Gasteiger partial charge is 0.376 e. The highest BCUT2D eigenvalue weighted by molar-refractivity contribution is 6.31. The van der Waals surface area contributed by atoms with Gasteiger partial charge in [-0.15, -0.1) is 0 Å². The lowest BCUT2D eigenvalue weighted by atomic mass is 9.97. The van der Waals surface area contributed by atoms with Crippen LogP contribution in [0.15, 0.2) is 66.7 Å². The van der Waals surface area contributed by atoms with E-state index in [-0.39, 0.29) is 29.2 Å². The zero-order valence-electron chi connectivity index (χ0n) is 15.5. The lowest BCUT2D eigenvalue weighted by Crippen LogP contribution is -2.12. The van der Waals surface area contributed by atoms with Crippen LogP contribution in [0.1, 0.15) is 21.5 Å². The maximum absolute atomic E-state index is 14.2. The Balaban J connectivity index is 1.64. The molecule has 2 N–H and O–H groups in total. The molecule has 0 aromatic heterocycles. The van der Waals surface area contributed by atoms with Crippen LogP contribution in [-0.4, -0.2) is 18.2 Å². The second kappa shape index (κ2) is 7.87. The van der Waals surface area contributed by atoms with Crippen molar-refractivity contribution in [1.82, 2.24) is 5.32 Å². The maximum Gasteiger partial charge on any atom is 0.255 e. The van der Waals surface area contributed by atoms with Crippen LogP contribution in [0.2, 0.25) is 0 Å². The lowest BCUT2D eigenvalue weighted by molar-refractivity contribution is -0.112. The Bertz CT molecular complexity index is 1150. The Morgan fingerprint density at radius 3 is 2.13 bits per heavy atom. The summed E-state index contributed by atoms with van der Waals surface area (Å²) in [5, 5.41) is 5.40. The number of carbonyl (C=O) groups excluding carboxylic acids is 2. The molecule has 3 aromatic rings. The molecule has 0 bridgehead atoms. The summed E-state index contributed by atoms with van der Waals surface area (Å²) in [4.78, 5) is 24.8. The molecule has 0 fully saturated rings. The normalized spacial score (nSPS) is 13.4. The average molecular weight is 408 g/mol. The number of anilines is 1. The van der Waals surface area contributed by atoms with Gasteiger partial charge in [0, 0.05) is 11.3 Å². The summed E-state index contributed by atoms with van der Waals surface area (Å²) in [6, 6.07) is 14.9. The molecule has 3 aromatic carbocycles. The molecule has 1 aliphatic rings. The Kier molecular flexibility index (Phi) is 5.10. The fourth-order valence-electron chi connectivity index (χ4n) is 3.26. The average Bonchev–Trinajstić information content (AvgIpc) is 3.10. The van der Waals surface area contributed by atoms with Crippen LogP contribution in [0.4, 0.5) is 18.9 Å². The Morgan fingerprint density at radius 1 is 0.867 bits per heavy atom. The minimum atomic E-state index is -0.778. The quantitative estimate of drug-likeness (QED) is 0.673. The van der Waals surface area contributed by atoms with Gasteiger partial charge in [0.25, 0.3) is 5.91 Å². The third-order valence-corrected chi connectivity index (χ3v) is 4.71. The van der Waals surface area contributed by atoms with Gasteiger partial charge in [0.2, 0.25) is 0 Å². The predicted octanol–water partition coefficient (Wildman–Crippen LogP) is 4.40. The molecular weight excluding hydrogens is 393 g/mol. The molecule has 4 nitrogen and oxygen atoms in total. The summed E-state index contributed by atoms with van der Waals surface area (Å²) >= 11 is 0. The molecule has 0 aliphatic carbocycles. The zero-order valence-corrected chi connectivity index (χ0v) is 15.5. The molecule has 1 amide bonds. The van der Waals surface area contributed by atoms with Crippen LogP contribution < -0.4 is 10.6 Å². The minimum absolute atomic E-state index is 0.0781. The van der Waals surface area contributed by atoms with Gasteiger partial charge in [-0.25, -0.2) is 13.2 Å². The van der Waals surface area contributed by atoms with Gasteiger partial charge < -0.3 is 10.6 Å². The van der Waals surface area contributed by atoms with E-state index in [9.17, 15) is 22.8 Å². The number of hydrogen-bond acceptors (Lipinski definition) is 3. The third-order valence-electron chi connectivity index (χ3n) is 4.71. The Hall–Kier alpha value is -3.87. The van der Waals surface area contributed by atoms with Crippen molar-refractivity contribution in [2.45, 2.75) is 0 Å². The van der Waals surface area contributed by atoms with Crippen molar-refractivity contribution in [2.75, 3.05) is 11.9 Å². The van der Waals surface area contributed by atoms with Gasteiger partial charge >= 0.3 is 0 Å². The maximum atomic E-state index is 14.2. The van der Waals surface area contributed by atoms with Crippen molar-refractivity contribution in [3.05, 3.63) is 101 Å². The summed E-state index contributed by atoms with van der Waals surface area (Å²) in [5.41, 5.74) is 1.11. The highest BCUT2D eigenvalue weighted by Gasteiger charge is 2.28. The first-order chi connectivity index (χ1) is 14.4. The number of amides is 1. The molecule has 0 unspecified atom stereocenters. The first-order valence-electron chi connectivity index (χ1n) is 9.07. The van der Waals surface area contributed by atoms with E-state index >= 15 is 0 Å². The van der Waals surface area contributed by atoms with Gasteiger partial charge in [-0.3, -0.25) is 9.59 Å². The number of Topliss-reactive ketones (excluding diaryl/α,β-unsaturated/α-hetero) is 1. The molecule has 1 heterocycles. The van der Waals surface area contributed by atoms with E-state index < -0.39 is 23.4 Å². The van der Waals surface area contributed by atoms with Gasteiger partial charge in [-0.05, 0) is 54.1 Å². The van der Waals surface area contributed by atoms with Gasteiger partial charge in [0.15, 0.2) is 5.78 Å². The third kappa shape index (κ3) is 3.69. The van der Waals surface area contributed by atoms with E-state index in [1.165, 1.54) is 42.5 Å². The molecule has 0 saturated carbocycles. The fraction of sp³-hybridized carbons (Fsp3) is 0.0435. The van der Waals surface area contributed by atoms with E-state index in [0.717, 1.165) is 12.1 Å². The van der Waals surface area contributed by atoms with E-state index in [1.807, 2.05) is 0 Å². The van der Waals surface area contributed by atoms with Crippen molar-refractivity contribution in [3.8, 4) is 0 Å². The standard InChI is InChI=1S/C23H15F3N2O2/c24-15-8-10-16(11-9-15)28-23(30)14-6-4-13(5-7-14)20-19(29)12-27-22(20)21-17(25)2-1-3-18(21)26/h1-11,27H,12H2,(H,28,30). The number of carbonyl (C=O) groups is 2. The number of benzene rings is 3. The summed E-state index contributed by atoms with van der Waals surface area (Å²) in [5.74, 6) is -2.70. The molecule has 150 valence electrons. The summed E-state index contributed by atoms with van der Waals surface area (Å²) < 4.78 is 41.4. The second-order valence-corrected chi connectivity index (χ2v) is 6.66. The molecule has 0 radical (unpaired) electrons. The summed E-state index contributed by atoms with van der Waals surface area (Å²) in [6.07, 6.45) is 0. The summed E-state index contributed by atoms with van der Waals surface area (Å²) in [6.45, 7) is -0.0781. The van der Waals surface area contributed by atoms with E-state index in [1.54, 1.807) is 12.1 Å².